The predicted octanol–water partition coefficient (Wildman–Crippen LogP) is 3.27. The number of carbonyl (C=O) groups is 1. The zero-order valence-electron chi connectivity index (χ0n) is 13.1. The highest BCUT2D eigenvalue weighted by Gasteiger charge is 2.04. The van der Waals surface area contributed by atoms with Gasteiger partial charge in [0.15, 0.2) is 0 Å². The van der Waals surface area contributed by atoms with Gasteiger partial charge in [-0.3, -0.25) is 0 Å². The number of carbonyl (C=O) groups excluding carboxylic acids is 1. The summed E-state index contributed by atoms with van der Waals surface area (Å²) in [5.41, 5.74) is 1.85. The van der Waals surface area contributed by atoms with Gasteiger partial charge in [-0.05, 0) is 36.6 Å². The molecule has 0 aliphatic heterocycles. The number of hydrogen-bond acceptors (Lipinski definition) is 2. The molecule has 2 N–H and O–H groups in total. The maximum Gasteiger partial charge on any atom is 0.315 e. The Morgan fingerprint density at radius 3 is 2.74 bits per heavy atom. The first-order chi connectivity index (χ1) is 11.2. The molecular weight excluding hydrogens is 295 g/mol. The zero-order valence-corrected chi connectivity index (χ0v) is 13.1. The molecule has 4 nitrogen and oxygen atoms in total. The van der Waals surface area contributed by atoms with Crippen LogP contribution in [0.25, 0.3) is 0 Å². The molecule has 2 rings (SSSR count). The van der Waals surface area contributed by atoms with Gasteiger partial charge in [0.25, 0.3) is 0 Å². The van der Waals surface area contributed by atoms with Gasteiger partial charge in [-0.1, -0.05) is 30.3 Å². The minimum Gasteiger partial charge on any atom is -0.496 e. The van der Waals surface area contributed by atoms with Crippen LogP contribution in [-0.4, -0.2) is 19.7 Å². The van der Waals surface area contributed by atoms with Crippen LogP contribution in [0, 0.1) is 5.82 Å². The van der Waals surface area contributed by atoms with E-state index in [1.165, 1.54) is 12.1 Å². The fourth-order valence-corrected chi connectivity index (χ4v) is 2.27. The first-order valence-electron chi connectivity index (χ1n) is 7.57. The molecule has 0 radical (unpaired) electrons. The molecular formula is C18H21FN2O2. The lowest BCUT2D eigenvalue weighted by Gasteiger charge is -2.10. The topological polar surface area (TPSA) is 50.4 Å². The maximum atomic E-state index is 13.0. The van der Waals surface area contributed by atoms with Crippen molar-refractivity contribution in [3.63, 3.8) is 0 Å². The molecule has 0 aliphatic rings. The molecule has 122 valence electrons. The molecule has 0 bridgehead atoms. The Balaban J connectivity index is 1.67. The molecule has 2 aromatic rings. The van der Waals surface area contributed by atoms with Crippen LogP contribution in [0.2, 0.25) is 0 Å². The molecule has 2 aromatic carbocycles. The molecule has 5 heteroatoms. The van der Waals surface area contributed by atoms with E-state index in [1.54, 1.807) is 13.2 Å². The monoisotopic (exact) mass is 316 g/mol. The molecule has 0 atom stereocenters. The number of nitrogens with one attached hydrogen (secondary N) is 2. The molecule has 0 unspecified atom stereocenters. The third-order valence-corrected chi connectivity index (χ3v) is 3.45. The second-order valence-corrected chi connectivity index (χ2v) is 5.15. The molecule has 0 saturated carbocycles. The van der Waals surface area contributed by atoms with Gasteiger partial charge in [-0.2, -0.15) is 0 Å². The van der Waals surface area contributed by atoms with Crippen molar-refractivity contribution < 1.29 is 13.9 Å². The van der Waals surface area contributed by atoms with Gasteiger partial charge < -0.3 is 15.4 Å². The molecule has 23 heavy (non-hydrogen) atoms. The van der Waals surface area contributed by atoms with E-state index in [9.17, 15) is 9.18 Å². The van der Waals surface area contributed by atoms with Crippen molar-refractivity contribution in [1.29, 1.82) is 0 Å². The Kier molecular flexibility index (Phi) is 6.41. The summed E-state index contributed by atoms with van der Waals surface area (Å²) < 4.78 is 18.3. The number of rotatable bonds is 7. The van der Waals surface area contributed by atoms with Crippen LogP contribution in [0.1, 0.15) is 17.5 Å². The van der Waals surface area contributed by atoms with Crippen molar-refractivity contribution in [1.82, 2.24) is 10.6 Å². The summed E-state index contributed by atoms with van der Waals surface area (Å²) >= 11 is 0. The number of ether oxygens (including phenoxy) is 1. The van der Waals surface area contributed by atoms with Gasteiger partial charge in [-0.25, -0.2) is 9.18 Å². The summed E-state index contributed by atoms with van der Waals surface area (Å²) in [6, 6.07) is 13.8. The molecule has 0 heterocycles. The molecule has 2 amide bonds. The van der Waals surface area contributed by atoms with Gasteiger partial charge in [0.1, 0.15) is 11.6 Å². The molecule has 0 fully saturated rings. The standard InChI is InChI=1S/C18H21FN2O2/c1-23-17-10-3-2-8-15(17)13-21-18(22)20-11-5-7-14-6-4-9-16(19)12-14/h2-4,6,8-10,12H,5,7,11,13H2,1H3,(H2,20,21,22). The number of halogens is 1. The Labute approximate surface area is 135 Å². The van der Waals surface area contributed by atoms with E-state index in [0.717, 1.165) is 29.7 Å². The second kappa shape index (κ2) is 8.78. The highest BCUT2D eigenvalue weighted by molar-refractivity contribution is 5.73. The van der Waals surface area contributed by atoms with Crippen LogP contribution >= 0.6 is 0 Å². The van der Waals surface area contributed by atoms with Gasteiger partial charge in [0.05, 0.1) is 7.11 Å². The number of para-hydroxylation sites is 1. The van der Waals surface area contributed by atoms with Gasteiger partial charge in [0.2, 0.25) is 0 Å². The second-order valence-electron chi connectivity index (χ2n) is 5.15. The van der Waals surface area contributed by atoms with E-state index >= 15 is 0 Å². The van der Waals surface area contributed by atoms with Crippen molar-refractivity contribution >= 4 is 6.03 Å². The number of hydrogen-bond donors (Lipinski definition) is 2. The Morgan fingerprint density at radius 2 is 1.96 bits per heavy atom. The van der Waals surface area contributed by atoms with Crippen LogP contribution < -0.4 is 15.4 Å². The predicted molar refractivity (Wildman–Crippen MR) is 88.0 cm³/mol. The lowest BCUT2D eigenvalue weighted by atomic mass is 10.1. The van der Waals surface area contributed by atoms with Crippen LogP contribution in [0.4, 0.5) is 9.18 Å². The Bertz CT molecular complexity index is 646. The Morgan fingerprint density at radius 1 is 1.13 bits per heavy atom. The largest absolute Gasteiger partial charge is 0.496 e. The summed E-state index contributed by atoms with van der Waals surface area (Å²) in [4.78, 5) is 11.8. The first-order valence-corrected chi connectivity index (χ1v) is 7.57. The third-order valence-electron chi connectivity index (χ3n) is 3.45. The third kappa shape index (κ3) is 5.62. The summed E-state index contributed by atoms with van der Waals surface area (Å²) in [6.45, 7) is 0.939. The molecule has 0 saturated heterocycles. The van der Waals surface area contributed by atoms with E-state index in [1.807, 2.05) is 30.3 Å². The highest BCUT2D eigenvalue weighted by atomic mass is 19.1. The summed E-state index contributed by atoms with van der Waals surface area (Å²) in [7, 11) is 1.60. The molecule has 0 spiro atoms. The van der Waals surface area contributed by atoms with E-state index in [2.05, 4.69) is 10.6 Å². The number of aryl methyl sites for hydroxylation is 1. The number of urea groups is 1. The average Bonchev–Trinajstić information content (AvgIpc) is 2.57. The van der Waals surface area contributed by atoms with E-state index in [4.69, 9.17) is 4.74 Å². The van der Waals surface area contributed by atoms with Crippen molar-refractivity contribution in [2.45, 2.75) is 19.4 Å². The van der Waals surface area contributed by atoms with Crippen molar-refractivity contribution in [3.8, 4) is 5.75 Å². The van der Waals surface area contributed by atoms with Crippen molar-refractivity contribution in [2.24, 2.45) is 0 Å². The first kappa shape index (κ1) is 16.8. The van der Waals surface area contributed by atoms with Crippen molar-refractivity contribution in [2.75, 3.05) is 13.7 Å². The fourth-order valence-electron chi connectivity index (χ4n) is 2.27. The van der Waals surface area contributed by atoms with Crippen LogP contribution in [-0.2, 0) is 13.0 Å². The van der Waals surface area contributed by atoms with Gasteiger partial charge in [-0.15, -0.1) is 0 Å². The highest BCUT2D eigenvalue weighted by Crippen LogP contribution is 2.16. The lowest BCUT2D eigenvalue weighted by Crippen LogP contribution is -2.35. The van der Waals surface area contributed by atoms with Crippen LogP contribution in [0.3, 0.4) is 0 Å². The SMILES string of the molecule is COc1ccccc1CNC(=O)NCCCc1cccc(F)c1. The van der Waals surface area contributed by atoms with E-state index < -0.39 is 0 Å². The number of benzene rings is 2. The maximum absolute atomic E-state index is 13.0. The molecule has 0 aliphatic carbocycles. The van der Waals surface area contributed by atoms with Crippen LogP contribution in [0.15, 0.2) is 48.5 Å². The summed E-state index contributed by atoms with van der Waals surface area (Å²) in [5.74, 6) is 0.518. The van der Waals surface area contributed by atoms with E-state index in [-0.39, 0.29) is 11.8 Å². The minimum absolute atomic E-state index is 0.227. The van der Waals surface area contributed by atoms with E-state index in [0.29, 0.717) is 13.1 Å². The number of amides is 2. The average molecular weight is 316 g/mol. The summed E-state index contributed by atoms with van der Waals surface area (Å²) in [6.07, 6.45) is 1.48. The van der Waals surface area contributed by atoms with Gasteiger partial charge in [0, 0.05) is 18.7 Å². The van der Waals surface area contributed by atoms with Gasteiger partial charge >= 0.3 is 6.03 Å². The normalized spacial score (nSPS) is 10.2. The quantitative estimate of drug-likeness (QED) is 0.770. The zero-order chi connectivity index (χ0) is 16.5. The van der Waals surface area contributed by atoms with Crippen molar-refractivity contribution in [3.05, 3.63) is 65.5 Å². The van der Waals surface area contributed by atoms with Crippen LogP contribution in [0.5, 0.6) is 5.75 Å². The molecule has 0 aromatic heterocycles. The minimum atomic E-state index is -0.231. The summed E-state index contributed by atoms with van der Waals surface area (Å²) in [5, 5.41) is 5.58. The Hall–Kier alpha value is -2.56. The smallest absolute Gasteiger partial charge is 0.315 e. The number of methoxy groups -OCH3 is 1. The fraction of sp³-hybridized carbons (Fsp3) is 0.278. The lowest BCUT2D eigenvalue weighted by molar-refractivity contribution is 0.240.